The maximum atomic E-state index is 6.11. The number of hydrogen-bond donors (Lipinski definition) is 0. The number of para-hydroxylation sites is 7. The Hall–Kier alpha value is -18.7. The second kappa shape index (κ2) is 34.3. The van der Waals surface area contributed by atoms with Gasteiger partial charge in [0.15, 0.2) is 0 Å². The standard InChI is InChI=1S/C47H31N3S.C44H27N3O.C44H27N3S/c1-47(2)38-15-7-3-11-31(38)32-22-19-30(27-39(32)47)45-35-14-4-8-16-40(35)48-46(49-45)50-41-17-9-5-12-33(41)36-25-28(20-23-42(36)50)29-21-24-44-37(26-29)34-13-6-10-18-43(34)51-44;1-2-11-28(12-3-1)29-13-10-14-32(25-29)43-35-17-4-7-18-38(35)45-44(46-43)47-39-19-8-5-15-33(39)36-26-30(21-23-40(36)47)31-22-24-42-37(27-31)34-16-6-9-20-41(34)48-42;1-2-10-28(11-3-1)29-18-20-30(21-19-29)43-35-14-4-7-15-38(35)45-44(46-43)47-39-16-8-5-12-33(39)36-26-31(22-24-40(36)47)32-23-25-42-37(27-32)34-13-6-9-17-41(34)48-42/h3-27H,1-2H3;2*1-27H. The van der Waals surface area contributed by atoms with Gasteiger partial charge in [0.05, 0.1) is 66.7 Å². The third kappa shape index (κ3) is 14.3. The van der Waals surface area contributed by atoms with Crippen LogP contribution >= 0.6 is 22.7 Å². The Morgan fingerprint density at radius 2 is 0.490 bits per heavy atom. The number of thiophene rings is 2. The highest BCUT2D eigenvalue weighted by Crippen LogP contribution is 2.52. The lowest BCUT2D eigenvalue weighted by atomic mass is 9.82. The molecule has 0 unspecified atom stereocenters. The normalized spacial score (nSPS) is 12.3. The first-order valence-electron chi connectivity index (χ1n) is 49.8. The third-order valence-corrected chi connectivity index (χ3v) is 32.2. The summed E-state index contributed by atoms with van der Waals surface area (Å²) in [6.45, 7) is 4.66. The summed E-state index contributed by atoms with van der Waals surface area (Å²) in [6.07, 6.45) is 0. The molecule has 30 aromatic rings. The van der Waals surface area contributed by atoms with Gasteiger partial charge in [-0.25, -0.2) is 29.9 Å². The first kappa shape index (κ1) is 85.1. The molecule has 0 N–H and O–H groups in total. The van der Waals surface area contributed by atoms with Gasteiger partial charge in [0, 0.05) is 122 Å². The van der Waals surface area contributed by atoms with E-state index in [0.717, 1.165) is 149 Å². The van der Waals surface area contributed by atoms with Gasteiger partial charge in [0.25, 0.3) is 0 Å². The molecule has 0 atom stereocenters. The number of fused-ring (bicyclic) bond motifs is 24. The number of rotatable bonds is 11. The van der Waals surface area contributed by atoms with E-state index in [4.69, 9.17) is 34.3 Å². The maximum absolute atomic E-state index is 6.11. The van der Waals surface area contributed by atoms with Crippen molar-refractivity contribution in [2.45, 2.75) is 19.3 Å². The van der Waals surface area contributed by atoms with Crippen LogP contribution < -0.4 is 0 Å². The molecule has 147 heavy (non-hydrogen) atoms. The number of benzene rings is 21. The number of hydrogen-bond acceptors (Lipinski definition) is 9. The molecule has 9 heterocycles. The van der Waals surface area contributed by atoms with Crippen LogP contribution in [0, 0.1) is 0 Å². The SMILES string of the molecule is CC1(C)c2ccccc2-c2ccc(-c3nc(-n4c5ccccc5c5cc(-c6ccc7sc8ccccc8c7c6)ccc54)nc4ccccc34)cc21.c1ccc(-c2ccc(-c3nc(-n4c5ccccc5c5cc(-c6ccc7sc8ccccc8c7c6)ccc54)nc4ccccc34)cc2)cc1.c1ccc(-c2cccc(-c3nc(-n4c5ccccc5c5cc(-c6ccc7oc8ccccc8c7c6)ccc54)nc4ccccc34)c2)cc1. The highest BCUT2D eigenvalue weighted by atomic mass is 32.1. The first-order valence-corrected chi connectivity index (χ1v) is 51.5. The summed E-state index contributed by atoms with van der Waals surface area (Å²) < 4.78 is 18.1. The predicted molar refractivity (Wildman–Crippen MR) is 616 cm³/mol. The molecule has 0 saturated carbocycles. The van der Waals surface area contributed by atoms with Crippen molar-refractivity contribution in [3.63, 3.8) is 0 Å². The highest BCUT2D eigenvalue weighted by molar-refractivity contribution is 7.26. The van der Waals surface area contributed by atoms with Crippen LogP contribution in [0.3, 0.4) is 0 Å². The molecule has 31 rings (SSSR count). The highest BCUT2D eigenvalue weighted by Gasteiger charge is 2.36. The van der Waals surface area contributed by atoms with E-state index in [2.05, 4.69) is 470 Å². The van der Waals surface area contributed by atoms with Crippen LogP contribution in [0.2, 0.25) is 0 Å². The zero-order valence-corrected chi connectivity index (χ0v) is 81.5. The Labute approximate surface area is 852 Å². The summed E-state index contributed by atoms with van der Waals surface area (Å²) in [7, 11) is 0. The van der Waals surface area contributed by atoms with E-state index in [9.17, 15) is 0 Å². The van der Waals surface area contributed by atoms with Crippen molar-refractivity contribution in [3.05, 3.63) is 490 Å². The molecule has 10 nitrogen and oxygen atoms in total. The first-order chi connectivity index (χ1) is 72.6. The summed E-state index contributed by atoms with van der Waals surface area (Å²) in [5.74, 6) is 2.00. The summed E-state index contributed by atoms with van der Waals surface area (Å²) in [5.41, 5.74) is 34.2. The van der Waals surface area contributed by atoms with Gasteiger partial charge in [-0.1, -0.05) is 354 Å². The molecule has 0 saturated heterocycles. The summed E-state index contributed by atoms with van der Waals surface area (Å²) in [5, 5.41) is 17.7. The molecule has 0 bridgehead atoms. The van der Waals surface area contributed by atoms with E-state index in [1.54, 1.807) is 0 Å². The van der Waals surface area contributed by atoms with E-state index in [-0.39, 0.29) is 5.41 Å². The van der Waals surface area contributed by atoms with Gasteiger partial charge >= 0.3 is 0 Å². The molecule has 21 aromatic carbocycles. The van der Waals surface area contributed by atoms with Gasteiger partial charge in [0.1, 0.15) is 11.2 Å². The Bertz CT molecular complexity index is 10700. The monoisotopic (exact) mass is 1910 g/mol. The Morgan fingerprint density at radius 3 is 0.986 bits per heavy atom. The van der Waals surface area contributed by atoms with Crippen molar-refractivity contribution in [1.29, 1.82) is 0 Å². The van der Waals surface area contributed by atoms with Crippen LogP contribution in [0.1, 0.15) is 25.0 Å². The van der Waals surface area contributed by atoms with Crippen molar-refractivity contribution < 1.29 is 4.42 Å². The molecule has 0 spiro atoms. The maximum Gasteiger partial charge on any atom is 0.235 e. The molecule has 0 amide bonds. The minimum absolute atomic E-state index is 0.0980. The molecule has 688 valence electrons. The topological polar surface area (TPSA) is 105 Å². The van der Waals surface area contributed by atoms with Crippen molar-refractivity contribution in [2.75, 3.05) is 0 Å². The Kier molecular flexibility index (Phi) is 19.9. The zero-order valence-electron chi connectivity index (χ0n) is 79.9. The minimum Gasteiger partial charge on any atom is -0.456 e. The fourth-order valence-corrected chi connectivity index (χ4v) is 24.9. The van der Waals surface area contributed by atoms with E-state index >= 15 is 0 Å². The molecule has 9 aromatic heterocycles. The van der Waals surface area contributed by atoms with Crippen LogP contribution in [0.25, 0.3) is 279 Å². The lowest BCUT2D eigenvalue weighted by Gasteiger charge is -2.22. The molecule has 12 heteroatoms. The van der Waals surface area contributed by atoms with Crippen LogP contribution in [-0.2, 0) is 5.41 Å². The Morgan fingerprint density at radius 1 is 0.184 bits per heavy atom. The molecule has 1 aliphatic carbocycles. The molecule has 0 radical (unpaired) electrons. The van der Waals surface area contributed by atoms with Gasteiger partial charge in [-0.2, -0.15) is 0 Å². The van der Waals surface area contributed by atoms with E-state index in [1.165, 1.54) is 123 Å². The van der Waals surface area contributed by atoms with Gasteiger partial charge in [-0.05, 0) is 217 Å². The number of furan rings is 1. The second-order valence-corrected chi connectivity index (χ2v) is 40.8. The fraction of sp³-hybridized carbons (Fsp3) is 0.0222. The number of aromatic nitrogens is 9. The molecular formula is C135H85N9OS2. The van der Waals surface area contributed by atoms with E-state index < -0.39 is 0 Å². The van der Waals surface area contributed by atoms with Gasteiger partial charge < -0.3 is 4.42 Å². The molecular weight excluding hydrogens is 1830 g/mol. The van der Waals surface area contributed by atoms with E-state index in [1.807, 2.05) is 59.1 Å². The third-order valence-electron chi connectivity index (χ3n) is 29.9. The quantitative estimate of drug-likeness (QED) is 0.127. The van der Waals surface area contributed by atoms with Crippen LogP contribution in [-0.4, -0.2) is 43.6 Å². The summed E-state index contributed by atoms with van der Waals surface area (Å²) in [4.78, 5) is 31.6. The largest absolute Gasteiger partial charge is 0.456 e. The smallest absolute Gasteiger partial charge is 0.235 e. The lowest BCUT2D eigenvalue weighted by molar-refractivity contribution is 0.660. The van der Waals surface area contributed by atoms with E-state index in [0.29, 0.717) is 17.8 Å². The van der Waals surface area contributed by atoms with Gasteiger partial charge in [-0.3, -0.25) is 13.7 Å². The number of nitrogens with zero attached hydrogens (tertiary/aromatic N) is 9. The van der Waals surface area contributed by atoms with Crippen molar-refractivity contribution in [3.8, 4) is 118 Å². The molecule has 0 aliphatic heterocycles. The average Bonchev–Trinajstić information content (AvgIpc) is 1.58. The predicted octanol–water partition coefficient (Wildman–Crippen LogP) is 36.5. The van der Waals surface area contributed by atoms with Gasteiger partial charge in [-0.15, -0.1) is 22.7 Å². The lowest BCUT2D eigenvalue weighted by Crippen LogP contribution is -2.15. The van der Waals surface area contributed by atoms with Crippen LogP contribution in [0.5, 0.6) is 0 Å². The minimum atomic E-state index is -0.0980. The van der Waals surface area contributed by atoms with Crippen molar-refractivity contribution in [1.82, 2.24) is 43.6 Å². The zero-order chi connectivity index (χ0) is 97.1. The Balaban J connectivity index is 0.000000104. The summed E-state index contributed by atoms with van der Waals surface area (Å²) >= 11 is 3.71. The van der Waals surface area contributed by atoms with Crippen molar-refractivity contribution >= 4 is 183 Å². The molecule has 0 fully saturated rings. The second-order valence-electron chi connectivity index (χ2n) is 38.7. The summed E-state index contributed by atoms with van der Waals surface area (Å²) in [6, 6.07) is 171. The van der Waals surface area contributed by atoms with Crippen molar-refractivity contribution in [2.24, 2.45) is 0 Å². The average molecular weight is 1910 g/mol. The molecule has 1 aliphatic rings. The van der Waals surface area contributed by atoms with Crippen LogP contribution in [0.4, 0.5) is 0 Å². The van der Waals surface area contributed by atoms with Gasteiger partial charge in [0.2, 0.25) is 17.8 Å². The van der Waals surface area contributed by atoms with Crippen LogP contribution in [0.15, 0.2) is 484 Å². The fourth-order valence-electron chi connectivity index (χ4n) is 22.8.